The van der Waals surface area contributed by atoms with E-state index in [0.717, 1.165) is 0 Å². The number of hydrogen-bond donors (Lipinski definition) is 1. The zero-order chi connectivity index (χ0) is 33.1. The standard InChI is InChI=1S/C3H8FNO.C2H5FO.C2H5F.CF4.2CH2F2O.4CH2F2/c4-3-6-2-1-5;1-4-2-3;1-2-3;2-1(3,4)5;2*2-1-4-3;4*2-1-3/h1-3,5H2;2H2,1H3;2H2,1H3;;2*1H2;4*1H2/p+1. The second-order valence-electron chi connectivity index (χ2n) is 2.81. The number of ether oxygens (including phenoxy) is 2. The van der Waals surface area contributed by atoms with Gasteiger partial charge >= 0.3 is 6.43 Å². The van der Waals surface area contributed by atoms with E-state index in [4.69, 9.17) is 0 Å². The van der Waals surface area contributed by atoms with Crippen LogP contribution in [0.15, 0.2) is 0 Å². The van der Waals surface area contributed by atoms with E-state index in [9.17, 15) is 83.7 Å². The Bertz CT molecular complexity index is 195. The Morgan fingerprint density at radius 1 is 0.553 bits per heavy atom. The van der Waals surface area contributed by atoms with Crippen molar-refractivity contribution in [1.82, 2.24) is 0 Å². The van der Waals surface area contributed by atoms with Crippen LogP contribution in [0.25, 0.3) is 0 Å². The summed E-state index contributed by atoms with van der Waals surface area (Å²) in [6.07, 6.45) is -5.50. The van der Waals surface area contributed by atoms with Crippen LogP contribution in [0.2, 0.25) is 0 Å². The molecule has 38 heavy (non-hydrogen) atoms. The van der Waals surface area contributed by atoms with E-state index >= 15 is 0 Å². The average molecular weight is 638 g/mol. The molecular weight excluding hydrogens is 607 g/mol. The van der Waals surface area contributed by atoms with Crippen LogP contribution in [0.1, 0.15) is 6.92 Å². The number of alkyl halides is 17. The van der Waals surface area contributed by atoms with Crippen molar-refractivity contribution in [3.8, 4) is 0 Å². The van der Waals surface area contributed by atoms with Crippen LogP contribution in [0.4, 0.5) is 83.7 Å². The molecule has 0 saturated heterocycles. The first-order chi connectivity index (χ1) is 17.7. The smallest absolute Gasteiger partial charge is 0.356 e. The van der Waals surface area contributed by atoms with Crippen molar-refractivity contribution < 1.29 is 109 Å². The quantitative estimate of drug-likeness (QED) is 0.244. The van der Waals surface area contributed by atoms with Gasteiger partial charge in [0.25, 0.3) is 0 Å². The molecule has 0 fully saturated rings. The zero-order valence-electron chi connectivity index (χ0n) is 19.8. The maximum Gasteiger partial charge on any atom is 0.559 e. The van der Waals surface area contributed by atoms with Gasteiger partial charge in [-0.05, 0) is 16.0 Å². The van der Waals surface area contributed by atoms with Crippen LogP contribution in [-0.4, -0.2) is 88.5 Å². The zero-order valence-corrected chi connectivity index (χ0v) is 19.8. The van der Waals surface area contributed by atoms with Gasteiger partial charge in [0.05, 0.1) is 19.8 Å². The molecule has 0 aromatic heterocycles. The summed E-state index contributed by atoms with van der Waals surface area (Å²) in [6, 6.07) is 0. The molecule has 0 spiro atoms. The van der Waals surface area contributed by atoms with Crippen molar-refractivity contribution in [2.75, 3.05) is 82.1 Å². The van der Waals surface area contributed by atoms with E-state index in [1.165, 1.54) is 14.0 Å². The normalized spacial score (nSPS) is 7.74. The molecule has 0 bridgehead atoms. The van der Waals surface area contributed by atoms with Crippen molar-refractivity contribution >= 4 is 0 Å². The topological polar surface area (TPSA) is 64.6 Å². The summed E-state index contributed by atoms with van der Waals surface area (Å²) >= 11 is 0. The fourth-order valence-electron chi connectivity index (χ4n) is 0.157. The minimum atomic E-state index is -5.50. The summed E-state index contributed by atoms with van der Waals surface area (Å²) in [5.74, 6) is 0. The largest absolute Gasteiger partial charge is 0.559 e. The van der Waals surface area contributed by atoms with Crippen molar-refractivity contribution in [3.63, 3.8) is 0 Å². The third-order valence-electron chi connectivity index (χ3n) is 0.557. The van der Waals surface area contributed by atoms with Crippen LogP contribution in [-0.2, 0) is 19.4 Å². The number of methoxy groups -OCH3 is 1. The second kappa shape index (κ2) is 111. The molecule has 0 rings (SSSR count). The van der Waals surface area contributed by atoms with E-state index in [-0.39, 0.29) is 6.67 Å². The van der Waals surface area contributed by atoms with Gasteiger partial charge in [-0.2, -0.15) is 9.88 Å². The molecule has 3 N–H and O–H groups in total. The van der Waals surface area contributed by atoms with Crippen LogP contribution in [0, 0.1) is 0 Å². The van der Waals surface area contributed by atoms with E-state index in [0.29, 0.717) is 13.2 Å². The van der Waals surface area contributed by atoms with Gasteiger partial charge in [0.15, 0.2) is 13.7 Å². The van der Waals surface area contributed by atoms with Gasteiger partial charge in [-0.25, -0.2) is 52.7 Å². The first kappa shape index (κ1) is 65.5. The summed E-state index contributed by atoms with van der Waals surface area (Å²) in [5.41, 5.74) is 3.43. The lowest BCUT2D eigenvalue weighted by molar-refractivity contribution is -0.375. The van der Waals surface area contributed by atoms with Crippen LogP contribution in [0.3, 0.4) is 0 Å². The van der Waals surface area contributed by atoms with E-state index in [1.54, 1.807) is 0 Å². The van der Waals surface area contributed by atoms with E-state index < -0.39 is 61.6 Å². The molecule has 0 atom stereocenters. The number of halogens is 19. The van der Waals surface area contributed by atoms with Gasteiger partial charge in [0.1, 0.15) is 0 Å². The Morgan fingerprint density at radius 2 is 0.711 bits per heavy atom. The Kier molecular flexibility index (Phi) is 192. The molecule has 248 valence electrons. The highest BCUT2D eigenvalue weighted by Crippen LogP contribution is 2.13. The average Bonchev–Trinajstić information content (AvgIpc) is 2.84. The summed E-state index contributed by atoms with van der Waals surface area (Å²) in [4.78, 5) is 4.75. The third-order valence-corrected chi connectivity index (χ3v) is 0.557. The predicted octanol–water partition coefficient (Wildman–Crippen LogP) is 7.34. The fourth-order valence-corrected chi connectivity index (χ4v) is 0.157. The molecule has 0 saturated carbocycles. The SMILES string of the molecule is CCF.COCF.FC(F)(F)F.FCF.FCF.FCF.FCF.FCOF.FCOF.[NH3+]CCOCF. The molecule has 0 aliphatic carbocycles. The lowest BCUT2D eigenvalue weighted by Crippen LogP contribution is -2.52. The monoisotopic (exact) mass is 638 g/mol. The lowest BCUT2D eigenvalue weighted by Gasteiger charge is -1.87. The molecule has 0 aliphatic rings. The van der Waals surface area contributed by atoms with Crippen LogP contribution >= 0.6 is 0 Å². The lowest BCUT2D eigenvalue weighted by atomic mass is 10.7. The van der Waals surface area contributed by atoms with Crippen molar-refractivity contribution in [1.29, 1.82) is 0 Å². The number of rotatable bonds is 6. The molecule has 24 heteroatoms. The Labute approximate surface area is 205 Å². The molecular formula is C14H31F19NO4+. The highest BCUT2D eigenvalue weighted by Gasteiger charge is 2.24. The predicted molar refractivity (Wildman–Crippen MR) is 96.1 cm³/mol. The molecule has 0 aromatic carbocycles. The van der Waals surface area contributed by atoms with Gasteiger partial charge in [-0.1, -0.05) is 0 Å². The minimum absolute atomic E-state index is 0.250. The van der Waals surface area contributed by atoms with Gasteiger partial charge in [0.2, 0.25) is 41.4 Å². The summed E-state index contributed by atoms with van der Waals surface area (Å²) in [5, 5.41) is 0. The maximum atomic E-state index is 10.9. The van der Waals surface area contributed by atoms with Crippen molar-refractivity contribution in [3.05, 3.63) is 0 Å². The summed E-state index contributed by atoms with van der Waals surface area (Å²) < 4.78 is 196. The van der Waals surface area contributed by atoms with Gasteiger partial charge in [-0.15, -0.1) is 17.6 Å². The highest BCUT2D eigenvalue weighted by molar-refractivity contribution is 4.13. The number of hydrogen-bond acceptors (Lipinski definition) is 4. The van der Waals surface area contributed by atoms with Crippen LogP contribution in [0.5, 0.6) is 0 Å². The second-order valence-corrected chi connectivity index (χ2v) is 2.81. The van der Waals surface area contributed by atoms with E-state index in [2.05, 4.69) is 25.1 Å². The summed E-state index contributed by atoms with van der Waals surface area (Å²) in [6.45, 7) is -8.78. The Hall–Kier alpha value is -1.53. The van der Waals surface area contributed by atoms with Crippen molar-refractivity contribution in [2.45, 2.75) is 13.4 Å². The first-order valence-corrected chi connectivity index (χ1v) is 8.10. The van der Waals surface area contributed by atoms with E-state index in [1.807, 2.05) is 0 Å². The molecule has 0 amide bonds. The molecule has 0 radical (unpaired) electrons. The molecule has 5 nitrogen and oxygen atoms in total. The Balaban J connectivity index is -0.0000000290. The van der Waals surface area contributed by atoms with Gasteiger partial charge in [0, 0.05) is 7.11 Å². The number of quaternary nitrogens is 1. The fraction of sp³-hybridized carbons (Fsp3) is 1.00. The minimum Gasteiger partial charge on any atom is -0.356 e. The molecule has 0 aliphatic heterocycles. The molecule has 0 unspecified atom stereocenters. The summed E-state index contributed by atoms with van der Waals surface area (Å²) in [7, 11) is 1.31. The van der Waals surface area contributed by atoms with Gasteiger partial charge < -0.3 is 15.2 Å². The molecule has 0 aromatic rings. The van der Waals surface area contributed by atoms with Crippen LogP contribution < -0.4 is 5.73 Å². The molecule has 0 heterocycles. The first-order valence-electron chi connectivity index (χ1n) is 8.10. The highest BCUT2D eigenvalue weighted by atomic mass is 19.5. The van der Waals surface area contributed by atoms with Crippen molar-refractivity contribution in [2.24, 2.45) is 0 Å². The Morgan fingerprint density at radius 3 is 0.737 bits per heavy atom. The third kappa shape index (κ3) is 1930. The maximum absolute atomic E-state index is 10.9. The van der Waals surface area contributed by atoms with Gasteiger partial charge in [-0.3, -0.25) is 4.39 Å².